The first-order valence-corrected chi connectivity index (χ1v) is 9.61. The number of carbonyl (C=O) groups excluding carboxylic acids is 2. The van der Waals surface area contributed by atoms with Crippen LogP contribution in [0.15, 0.2) is 12.1 Å². The van der Waals surface area contributed by atoms with Crippen LogP contribution in [0.5, 0.6) is 11.5 Å². The Balaban J connectivity index is 1.98. The van der Waals surface area contributed by atoms with Gasteiger partial charge in [-0.25, -0.2) is 4.79 Å². The fraction of sp³-hybridized carbons (Fsp3) is 0.500. The molecule has 0 aromatic heterocycles. The maximum atomic E-state index is 12.3. The number of phenols is 1. The van der Waals surface area contributed by atoms with E-state index in [0.717, 1.165) is 0 Å². The number of hydrogen-bond donors (Lipinski definition) is 7. The zero-order valence-corrected chi connectivity index (χ0v) is 16.9. The van der Waals surface area contributed by atoms with Crippen LogP contribution >= 0.6 is 0 Å². The van der Waals surface area contributed by atoms with Crippen LogP contribution in [-0.4, -0.2) is 93.1 Å². The van der Waals surface area contributed by atoms with Gasteiger partial charge in [-0.05, 0) is 31.3 Å². The molecule has 13 heteroatoms. The summed E-state index contributed by atoms with van der Waals surface area (Å²) in [7, 11) is -1.59. The molecule has 1 aliphatic rings. The number of aliphatic hydroxyl groups excluding tert-OH is 1. The van der Waals surface area contributed by atoms with Crippen molar-refractivity contribution in [3.05, 3.63) is 23.3 Å². The number of nitrogens with zero attached hydrogens (tertiary/aromatic N) is 1. The van der Waals surface area contributed by atoms with Crippen molar-refractivity contribution in [1.29, 1.82) is 0 Å². The molecule has 1 aliphatic heterocycles. The number of amides is 2. The van der Waals surface area contributed by atoms with E-state index in [0.29, 0.717) is 0 Å². The van der Waals surface area contributed by atoms with E-state index in [1.807, 2.05) is 0 Å². The third-order valence-corrected chi connectivity index (χ3v) is 4.83. The van der Waals surface area contributed by atoms with Crippen LogP contribution in [-0.2, 0) is 16.0 Å². The maximum Gasteiger partial charge on any atom is 0.451 e. The van der Waals surface area contributed by atoms with Gasteiger partial charge in [-0.15, -0.1) is 0 Å². The molecular formula is C18H26BN3O9. The number of nitrogens with one attached hydrogen (secondary N) is 1. The zero-order valence-electron chi connectivity index (χ0n) is 16.9. The van der Waals surface area contributed by atoms with Gasteiger partial charge in [0.2, 0.25) is 11.8 Å². The fourth-order valence-corrected chi connectivity index (χ4v) is 3.02. The molecule has 1 fully saturated rings. The van der Waals surface area contributed by atoms with Crippen LogP contribution in [0.1, 0.15) is 22.8 Å². The lowest BCUT2D eigenvalue weighted by Gasteiger charge is -2.40. The Bertz CT molecular complexity index is 830. The number of rotatable bonds is 10. The van der Waals surface area contributed by atoms with E-state index in [9.17, 15) is 24.6 Å². The molecule has 12 nitrogen and oxygen atoms in total. The van der Waals surface area contributed by atoms with Crippen molar-refractivity contribution in [3.8, 4) is 11.5 Å². The second-order valence-electron chi connectivity index (χ2n) is 7.27. The summed E-state index contributed by atoms with van der Waals surface area (Å²) in [6.07, 6.45) is -0.543. The molecule has 1 aromatic carbocycles. The van der Waals surface area contributed by atoms with E-state index in [4.69, 9.17) is 25.6 Å². The fourth-order valence-electron chi connectivity index (χ4n) is 3.02. The number of carboxylic acids is 1. The number of likely N-dealkylation sites (tertiary alicyclic amines) is 1. The summed E-state index contributed by atoms with van der Waals surface area (Å²) in [5, 5.41) is 48.9. The summed E-state index contributed by atoms with van der Waals surface area (Å²) >= 11 is 0. The maximum absolute atomic E-state index is 12.3. The van der Waals surface area contributed by atoms with Crippen LogP contribution < -0.4 is 15.8 Å². The standard InChI is InChI=1S/C18H26BN3O9/c1-9(21-16(25)12(20)8-23)17(26)22-6-11(7-22)31-13-3-2-10(4-5-19(29)30)15(24)14(13)18(27)28/h2-3,9,11-12,23-24,29-30H,4-8,20H2,1H3,(H,21,25)(H,27,28). The van der Waals surface area contributed by atoms with Gasteiger partial charge in [0.05, 0.1) is 19.7 Å². The number of aromatic carboxylic acids is 1. The molecule has 170 valence electrons. The molecule has 1 heterocycles. The summed E-state index contributed by atoms with van der Waals surface area (Å²) in [6, 6.07) is 0.800. The lowest BCUT2D eigenvalue weighted by molar-refractivity contribution is -0.144. The van der Waals surface area contributed by atoms with Crippen molar-refractivity contribution >= 4 is 24.9 Å². The van der Waals surface area contributed by atoms with Crippen molar-refractivity contribution in [2.24, 2.45) is 5.73 Å². The number of ether oxygens (including phenoxy) is 1. The van der Waals surface area contributed by atoms with Crippen molar-refractivity contribution in [3.63, 3.8) is 0 Å². The minimum atomic E-state index is -1.59. The molecule has 2 unspecified atom stereocenters. The number of aromatic hydroxyl groups is 1. The average molecular weight is 439 g/mol. The smallest absolute Gasteiger partial charge is 0.451 e. The van der Waals surface area contributed by atoms with Crippen LogP contribution in [0.2, 0.25) is 6.32 Å². The highest BCUT2D eigenvalue weighted by Crippen LogP contribution is 2.34. The Morgan fingerprint density at radius 2 is 1.97 bits per heavy atom. The van der Waals surface area contributed by atoms with E-state index in [1.165, 1.54) is 24.0 Å². The first kappa shape index (κ1) is 24.4. The largest absolute Gasteiger partial charge is 0.507 e. The molecular weight excluding hydrogens is 413 g/mol. The molecule has 0 saturated carbocycles. The van der Waals surface area contributed by atoms with E-state index in [-0.39, 0.29) is 37.1 Å². The number of hydrogen-bond acceptors (Lipinski definition) is 9. The van der Waals surface area contributed by atoms with Gasteiger partial charge in [-0.3, -0.25) is 9.59 Å². The van der Waals surface area contributed by atoms with Crippen LogP contribution in [0.25, 0.3) is 0 Å². The molecule has 1 saturated heterocycles. The summed E-state index contributed by atoms with van der Waals surface area (Å²) < 4.78 is 5.63. The van der Waals surface area contributed by atoms with Gasteiger partial charge < -0.3 is 46.1 Å². The van der Waals surface area contributed by atoms with Gasteiger partial charge in [0.1, 0.15) is 35.3 Å². The first-order valence-electron chi connectivity index (χ1n) is 9.61. The average Bonchev–Trinajstić information content (AvgIpc) is 2.67. The zero-order chi connectivity index (χ0) is 23.3. The van der Waals surface area contributed by atoms with Crippen LogP contribution in [0, 0.1) is 0 Å². The Morgan fingerprint density at radius 1 is 1.32 bits per heavy atom. The van der Waals surface area contributed by atoms with Crippen LogP contribution in [0.3, 0.4) is 0 Å². The van der Waals surface area contributed by atoms with Gasteiger partial charge >= 0.3 is 13.1 Å². The van der Waals surface area contributed by atoms with Crippen molar-refractivity contribution < 1.29 is 44.5 Å². The molecule has 1 aromatic rings. The van der Waals surface area contributed by atoms with Gasteiger partial charge in [0, 0.05) is 0 Å². The molecule has 8 N–H and O–H groups in total. The van der Waals surface area contributed by atoms with E-state index in [1.54, 1.807) is 0 Å². The second-order valence-corrected chi connectivity index (χ2v) is 7.27. The van der Waals surface area contributed by atoms with Gasteiger partial charge in [-0.2, -0.15) is 0 Å². The quantitative estimate of drug-likeness (QED) is 0.191. The van der Waals surface area contributed by atoms with Crippen molar-refractivity contribution in [2.45, 2.75) is 37.9 Å². The number of aryl methyl sites for hydroxylation is 1. The molecule has 0 spiro atoms. The predicted octanol–water partition coefficient (Wildman–Crippen LogP) is -2.48. The van der Waals surface area contributed by atoms with Gasteiger partial charge in [0.25, 0.3) is 0 Å². The predicted molar refractivity (Wildman–Crippen MR) is 107 cm³/mol. The molecule has 2 amide bonds. The summed E-state index contributed by atoms with van der Waals surface area (Å²) in [5.41, 5.74) is 5.17. The number of carbonyl (C=O) groups is 3. The summed E-state index contributed by atoms with van der Waals surface area (Å²) in [5.74, 6) is -3.06. The molecule has 31 heavy (non-hydrogen) atoms. The lowest BCUT2D eigenvalue weighted by Crippen LogP contribution is -2.61. The topological polar surface area (TPSA) is 203 Å². The number of benzene rings is 1. The van der Waals surface area contributed by atoms with E-state index in [2.05, 4.69) is 5.32 Å². The lowest BCUT2D eigenvalue weighted by atomic mass is 9.82. The highest BCUT2D eigenvalue weighted by Gasteiger charge is 2.36. The normalized spacial score (nSPS) is 15.6. The number of aliphatic hydroxyl groups is 1. The van der Waals surface area contributed by atoms with Crippen molar-refractivity contribution in [1.82, 2.24) is 10.2 Å². The highest BCUT2D eigenvalue weighted by molar-refractivity contribution is 6.41. The highest BCUT2D eigenvalue weighted by atomic mass is 16.5. The molecule has 0 radical (unpaired) electrons. The van der Waals surface area contributed by atoms with Gasteiger partial charge in [-0.1, -0.05) is 6.07 Å². The number of nitrogens with two attached hydrogens (primary N) is 1. The van der Waals surface area contributed by atoms with Gasteiger partial charge in [0.15, 0.2) is 0 Å². The van der Waals surface area contributed by atoms with E-state index >= 15 is 0 Å². The monoisotopic (exact) mass is 439 g/mol. The third-order valence-electron chi connectivity index (χ3n) is 4.83. The van der Waals surface area contributed by atoms with Crippen LogP contribution in [0.4, 0.5) is 0 Å². The molecule has 0 aliphatic carbocycles. The summed E-state index contributed by atoms with van der Waals surface area (Å²) in [6.45, 7) is 1.21. The molecule has 2 atom stereocenters. The second kappa shape index (κ2) is 10.4. The third kappa shape index (κ3) is 6.07. The Morgan fingerprint density at radius 3 is 2.52 bits per heavy atom. The number of carboxylic acid groups (broad SMARTS) is 1. The van der Waals surface area contributed by atoms with E-state index < -0.39 is 61.0 Å². The van der Waals surface area contributed by atoms with Crippen molar-refractivity contribution in [2.75, 3.05) is 19.7 Å². The first-order chi connectivity index (χ1) is 14.5. The SMILES string of the molecule is CC(NC(=O)C(N)CO)C(=O)N1CC(Oc2ccc(CCB(O)O)c(O)c2C(=O)O)C1. The molecule has 2 rings (SSSR count). The minimum Gasteiger partial charge on any atom is -0.507 e. The Kier molecular flexibility index (Phi) is 8.22. The Labute approximate surface area is 178 Å². The summed E-state index contributed by atoms with van der Waals surface area (Å²) in [4.78, 5) is 37.0. The molecule has 0 bridgehead atoms. The minimum absolute atomic E-state index is 0.0549. The Hall–Kier alpha value is -2.87.